The zero-order valence-electron chi connectivity index (χ0n) is 7.04. The number of aryl methyl sites for hydroxylation is 1. The Morgan fingerprint density at radius 3 is 2.67 bits per heavy atom. The van der Waals surface area contributed by atoms with E-state index in [1.165, 1.54) is 5.56 Å². The van der Waals surface area contributed by atoms with Crippen molar-refractivity contribution in [3.63, 3.8) is 0 Å². The van der Waals surface area contributed by atoms with Crippen molar-refractivity contribution in [2.24, 2.45) is 0 Å². The molecule has 2 aliphatic carbocycles. The first-order chi connectivity index (χ1) is 5.79. The van der Waals surface area contributed by atoms with Gasteiger partial charge in [-0.3, -0.25) is 0 Å². The average molecular weight is 157 g/mol. The van der Waals surface area contributed by atoms with Gasteiger partial charge in [-0.1, -0.05) is 30.3 Å². The lowest BCUT2D eigenvalue weighted by Crippen LogP contribution is -1.84. The zero-order valence-corrected chi connectivity index (χ0v) is 7.04. The number of anilines is 1. The van der Waals surface area contributed by atoms with Gasteiger partial charge in [0.05, 0.1) is 0 Å². The highest BCUT2D eigenvalue weighted by Gasteiger charge is 2.07. The molecule has 1 heteroatoms. The normalized spacial score (nSPS) is 10.4. The van der Waals surface area contributed by atoms with Gasteiger partial charge in [0, 0.05) is 11.3 Å². The van der Waals surface area contributed by atoms with Crippen LogP contribution in [0.1, 0.15) is 5.56 Å². The monoisotopic (exact) mass is 157 g/mol. The zero-order chi connectivity index (χ0) is 8.55. The highest BCUT2D eigenvalue weighted by molar-refractivity contribution is 5.82. The number of nitrogen functional groups attached to an aromatic ring is 1. The summed E-state index contributed by atoms with van der Waals surface area (Å²) in [6.45, 7) is 2.04. The first-order valence-corrected chi connectivity index (χ1v) is 4.03. The van der Waals surface area contributed by atoms with Crippen LogP contribution in [-0.4, -0.2) is 0 Å². The second-order valence-corrected chi connectivity index (χ2v) is 3.02. The van der Waals surface area contributed by atoms with Crippen molar-refractivity contribution in [2.45, 2.75) is 6.92 Å². The fraction of sp³-hybridized carbons (Fsp3) is 0.0909. The number of nitrogens with two attached hydrogens (primary N) is 1. The van der Waals surface area contributed by atoms with Gasteiger partial charge in [-0.2, -0.15) is 0 Å². The molecule has 12 heavy (non-hydrogen) atoms. The van der Waals surface area contributed by atoms with Crippen molar-refractivity contribution in [1.29, 1.82) is 0 Å². The molecule has 60 valence electrons. The lowest BCUT2D eigenvalue weighted by atomic mass is 10.2. The maximum Gasteiger partial charge on any atom is 0.0423 e. The van der Waals surface area contributed by atoms with Gasteiger partial charge in [0.1, 0.15) is 0 Å². The molecule has 0 fully saturated rings. The molecule has 0 unspecified atom stereocenters. The van der Waals surface area contributed by atoms with Crippen LogP contribution in [0.5, 0.6) is 0 Å². The van der Waals surface area contributed by atoms with E-state index in [9.17, 15) is 0 Å². The van der Waals surface area contributed by atoms with Gasteiger partial charge in [0.25, 0.3) is 0 Å². The molecular formula is C11H11N. The number of hydrogen-bond donors (Lipinski definition) is 1. The summed E-state index contributed by atoms with van der Waals surface area (Å²) in [7, 11) is 0. The van der Waals surface area contributed by atoms with E-state index in [0.717, 1.165) is 16.8 Å². The van der Waals surface area contributed by atoms with E-state index in [4.69, 9.17) is 5.73 Å². The minimum absolute atomic E-state index is 0.904. The van der Waals surface area contributed by atoms with Crippen molar-refractivity contribution in [1.82, 2.24) is 0 Å². The Balaban J connectivity index is 2.79. The minimum Gasteiger partial charge on any atom is -0.398 e. The molecule has 0 aliphatic heterocycles. The van der Waals surface area contributed by atoms with Gasteiger partial charge in [-0.05, 0) is 24.1 Å². The van der Waals surface area contributed by atoms with Crippen LogP contribution in [0.15, 0.2) is 36.4 Å². The summed E-state index contributed by atoms with van der Waals surface area (Å²) in [6, 6.07) is 12.3. The second kappa shape index (κ2) is 2.52. The Kier molecular flexibility index (Phi) is 1.51. The molecule has 0 heterocycles. The van der Waals surface area contributed by atoms with Crippen molar-refractivity contribution in [2.75, 3.05) is 5.73 Å². The van der Waals surface area contributed by atoms with Crippen LogP contribution in [0.4, 0.5) is 5.69 Å². The molecule has 1 nitrogen and oxygen atoms in total. The van der Waals surface area contributed by atoms with Crippen molar-refractivity contribution >= 4 is 5.69 Å². The maximum atomic E-state index is 5.89. The third kappa shape index (κ3) is 0.944. The van der Waals surface area contributed by atoms with Crippen molar-refractivity contribution in [3.05, 3.63) is 42.0 Å². The van der Waals surface area contributed by atoms with Crippen LogP contribution >= 0.6 is 0 Å². The van der Waals surface area contributed by atoms with Gasteiger partial charge < -0.3 is 5.73 Å². The largest absolute Gasteiger partial charge is 0.398 e. The number of fused-ring (bicyclic) bond motifs is 1. The molecule has 0 spiro atoms. The predicted molar refractivity (Wildman–Crippen MR) is 52.2 cm³/mol. The van der Waals surface area contributed by atoms with E-state index >= 15 is 0 Å². The molecule has 0 aromatic rings. The summed E-state index contributed by atoms with van der Waals surface area (Å²) in [6.07, 6.45) is 0. The molecule has 0 aromatic heterocycles. The van der Waals surface area contributed by atoms with Crippen LogP contribution < -0.4 is 5.73 Å². The fourth-order valence-corrected chi connectivity index (χ4v) is 1.46. The van der Waals surface area contributed by atoms with Gasteiger partial charge in [0.2, 0.25) is 0 Å². The topological polar surface area (TPSA) is 26.0 Å². The molecule has 2 N–H and O–H groups in total. The van der Waals surface area contributed by atoms with Crippen molar-refractivity contribution in [3.8, 4) is 11.1 Å². The van der Waals surface area contributed by atoms with E-state index in [1.807, 2.05) is 25.1 Å². The molecule has 0 atom stereocenters. The van der Waals surface area contributed by atoms with E-state index in [0.29, 0.717) is 0 Å². The molecule has 2 rings (SSSR count). The molecule has 0 radical (unpaired) electrons. The molecule has 0 aromatic carbocycles. The number of hydrogen-bond acceptors (Lipinski definition) is 1. The van der Waals surface area contributed by atoms with Gasteiger partial charge in [0.15, 0.2) is 0 Å². The third-order valence-electron chi connectivity index (χ3n) is 2.16. The average Bonchev–Trinajstić information content (AvgIpc) is 2.30. The fourth-order valence-electron chi connectivity index (χ4n) is 1.46. The smallest absolute Gasteiger partial charge is 0.0423 e. The summed E-state index contributed by atoms with van der Waals surface area (Å²) < 4.78 is 0. The quantitative estimate of drug-likeness (QED) is 0.625. The van der Waals surface area contributed by atoms with Crippen LogP contribution in [0, 0.1) is 6.92 Å². The Morgan fingerprint density at radius 2 is 1.83 bits per heavy atom. The van der Waals surface area contributed by atoms with Crippen LogP contribution in [-0.2, 0) is 0 Å². The van der Waals surface area contributed by atoms with E-state index < -0.39 is 0 Å². The summed E-state index contributed by atoms with van der Waals surface area (Å²) in [4.78, 5) is 0. The molecular weight excluding hydrogens is 146 g/mol. The van der Waals surface area contributed by atoms with E-state index in [1.54, 1.807) is 0 Å². The van der Waals surface area contributed by atoms with Gasteiger partial charge in [-0.25, -0.2) is 0 Å². The van der Waals surface area contributed by atoms with E-state index in [-0.39, 0.29) is 0 Å². The van der Waals surface area contributed by atoms with Crippen LogP contribution in [0.3, 0.4) is 0 Å². The Labute approximate surface area is 72.2 Å². The Bertz CT molecular complexity index is 379. The van der Waals surface area contributed by atoms with Crippen LogP contribution in [0.25, 0.3) is 11.1 Å². The van der Waals surface area contributed by atoms with Crippen molar-refractivity contribution < 1.29 is 0 Å². The predicted octanol–water partition coefficient (Wildman–Crippen LogP) is 2.68. The summed E-state index contributed by atoms with van der Waals surface area (Å²) in [5, 5.41) is 0. The minimum atomic E-state index is 0.904. The van der Waals surface area contributed by atoms with Gasteiger partial charge >= 0.3 is 0 Å². The van der Waals surface area contributed by atoms with E-state index in [2.05, 4.69) is 18.2 Å². The maximum absolute atomic E-state index is 5.89. The van der Waals surface area contributed by atoms with Crippen LogP contribution in [0.2, 0.25) is 0 Å². The second-order valence-electron chi connectivity index (χ2n) is 3.02. The lowest BCUT2D eigenvalue weighted by Gasteiger charge is -1.93. The summed E-state index contributed by atoms with van der Waals surface area (Å²) in [5.74, 6) is 0. The number of rotatable bonds is 0. The first-order valence-electron chi connectivity index (χ1n) is 4.03. The Hall–Kier alpha value is -1.50. The summed E-state index contributed by atoms with van der Waals surface area (Å²) in [5.41, 5.74) is 10.3. The first kappa shape index (κ1) is 7.17. The lowest BCUT2D eigenvalue weighted by molar-refractivity contribution is 1.55. The summed E-state index contributed by atoms with van der Waals surface area (Å²) >= 11 is 0. The third-order valence-corrected chi connectivity index (χ3v) is 2.16. The molecule has 0 bridgehead atoms. The highest BCUT2D eigenvalue weighted by atomic mass is 14.6. The molecule has 0 amide bonds. The molecule has 0 saturated carbocycles. The molecule has 0 saturated heterocycles. The standard InChI is InChI=1S/C11H11N/c1-8-7-9-5-3-2-4-6-10(9)11(8)12/h2-7H,12H2,1H3. The highest BCUT2D eigenvalue weighted by Crippen LogP contribution is 2.32. The van der Waals surface area contributed by atoms with Gasteiger partial charge in [-0.15, -0.1) is 0 Å². The Morgan fingerprint density at radius 1 is 1.08 bits per heavy atom. The SMILES string of the molecule is Cc1cc2cccccc-2c1N. The molecule has 2 aliphatic rings.